The standard InChI is InChI=1S/C22H23F2N3O3S/c1-3-8-26-14-17(4-7-21(26)28)27-13-16(12-25-27)20-6-5-18(9-15(20)2)31(29,30)19-10-22(23,24)11-19/h4-7,9,12-14,19H,3,8,10-11H2,1-2H3. The topological polar surface area (TPSA) is 74.0 Å². The molecule has 9 heteroatoms. The summed E-state index contributed by atoms with van der Waals surface area (Å²) in [5.41, 5.74) is 2.95. The number of halogens is 2. The van der Waals surface area contributed by atoms with Gasteiger partial charge in [-0.3, -0.25) is 4.79 Å². The molecule has 31 heavy (non-hydrogen) atoms. The van der Waals surface area contributed by atoms with E-state index in [1.165, 1.54) is 18.2 Å². The second kappa shape index (κ2) is 7.71. The molecule has 0 aliphatic heterocycles. The SMILES string of the molecule is CCCn1cc(-n2cc(-c3ccc(S(=O)(=O)C4CC(F)(F)C4)cc3C)cn2)ccc1=O. The van der Waals surface area contributed by atoms with Crippen LogP contribution in [-0.2, 0) is 16.4 Å². The van der Waals surface area contributed by atoms with Crippen LogP contribution < -0.4 is 5.56 Å². The summed E-state index contributed by atoms with van der Waals surface area (Å²) in [5.74, 6) is -2.89. The maximum atomic E-state index is 13.1. The van der Waals surface area contributed by atoms with Crippen molar-refractivity contribution >= 4 is 9.84 Å². The first-order chi connectivity index (χ1) is 14.6. The van der Waals surface area contributed by atoms with Gasteiger partial charge in [0, 0.05) is 43.4 Å². The van der Waals surface area contributed by atoms with Gasteiger partial charge in [-0.15, -0.1) is 0 Å². The molecule has 2 aromatic heterocycles. The first kappa shape index (κ1) is 21.4. The summed E-state index contributed by atoms with van der Waals surface area (Å²) in [4.78, 5) is 12.0. The highest BCUT2D eigenvalue weighted by Crippen LogP contribution is 2.43. The van der Waals surface area contributed by atoms with Gasteiger partial charge in [-0.25, -0.2) is 21.9 Å². The molecule has 1 saturated carbocycles. The Morgan fingerprint density at radius 1 is 1.16 bits per heavy atom. The molecule has 0 atom stereocenters. The van der Waals surface area contributed by atoms with E-state index in [4.69, 9.17) is 0 Å². The molecule has 0 bridgehead atoms. The molecule has 6 nitrogen and oxygen atoms in total. The maximum absolute atomic E-state index is 13.1. The summed E-state index contributed by atoms with van der Waals surface area (Å²) in [6.07, 6.45) is 4.81. The van der Waals surface area contributed by atoms with Gasteiger partial charge in [-0.1, -0.05) is 13.0 Å². The summed E-state index contributed by atoms with van der Waals surface area (Å²) in [5, 5.41) is 3.34. The third kappa shape index (κ3) is 4.06. The van der Waals surface area contributed by atoms with Crippen LogP contribution in [0.15, 0.2) is 58.6 Å². The normalized spacial score (nSPS) is 16.3. The molecule has 1 aliphatic rings. The summed E-state index contributed by atoms with van der Waals surface area (Å²) in [6.45, 7) is 4.39. The van der Waals surface area contributed by atoms with E-state index < -0.39 is 33.9 Å². The van der Waals surface area contributed by atoms with Crippen molar-refractivity contribution in [3.8, 4) is 16.8 Å². The second-order valence-electron chi connectivity index (χ2n) is 8.00. The quantitative estimate of drug-likeness (QED) is 0.573. The number of hydrogen-bond donors (Lipinski definition) is 0. The number of aryl methyl sites for hydroxylation is 2. The zero-order valence-corrected chi connectivity index (χ0v) is 18.1. The summed E-state index contributed by atoms with van der Waals surface area (Å²) in [6, 6.07) is 7.87. The summed E-state index contributed by atoms with van der Waals surface area (Å²) >= 11 is 0. The highest BCUT2D eigenvalue weighted by Gasteiger charge is 2.51. The van der Waals surface area contributed by atoms with E-state index in [-0.39, 0.29) is 10.5 Å². The molecule has 3 aromatic rings. The van der Waals surface area contributed by atoms with E-state index >= 15 is 0 Å². The zero-order chi connectivity index (χ0) is 22.4. The van der Waals surface area contributed by atoms with Gasteiger partial charge in [0.15, 0.2) is 9.84 Å². The van der Waals surface area contributed by atoms with Crippen molar-refractivity contribution in [1.82, 2.24) is 14.3 Å². The van der Waals surface area contributed by atoms with E-state index in [9.17, 15) is 22.0 Å². The molecule has 1 aromatic carbocycles. The van der Waals surface area contributed by atoms with Crippen LogP contribution in [0.25, 0.3) is 16.8 Å². The highest BCUT2D eigenvalue weighted by atomic mass is 32.2. The first-order valence-electron chi connectivity index (χ1n) is 10.1. The van der Waals surface area contributed by atoms with Crippen molar-refractivity contribution < 1.29 is 17.2 Å². The molecule has 1 aliphatic carbocycles. The number of nitrogens with zero attached hydrogens (tertiary/aromatic N) is 3. The van der Waals surface area contributed by atoms with Gasteiger partial charge >= 0.3 is 0 Å². The van der Waals surface area contributed by atoms with Crippen LogP contribution in [0.2, 0.25) is 0 Å². The predicted octanol–water partition coefficient (Wildman–Crippen LogP) is 3.99. The second-order valence-corrected chi connectivity index (χ2v) is 10.2. The predicted molar refractivity (Wildman–Crippen MR) is 113 cm³/mol. The number of alkyl halides is 2. The van der Waals surface area contributed by atoms with Gasteiger partial charge in [-0.2, -0.15) is 5.10 Å². The minimum Gasteiger partial charge on any atom is -0.313 e. The van der Waals surface area contributed by atoms with Crippen molar-refractivity contribution in [2.24, 2.45) is 0 Å². The third-order valence-corrected chi connectivity index (χ3v) is 7.73. The molecule has 0 N–H and O–H groups in total. The van der Waals surface area contributed by atoms with Crippen LogP contribution in [0.5, 0.6) is 0 Å². The van der Waals surface area contributed by atoms with Crippen LogP contribution >= 0.6 is 0 Å². The molecular weight excluding hydrogens is 424 g/mol. The Morgan fingerprint density at radius 3 is 2.55 bits per heavy atom. The molecule has 2 heterocycles. The van der Waals surface area contributed by atoms with Gasteiger partial charge in [-0.05, 0) is 42.7 Å². The average Bonchev–Trinajstić information content (AvgIpc) is 3.17. The minimum atomic E-state index is -3.78. The van der Waals surface area contributed by atoms with Gasteiger partial charge in [0.05, 0.1) is 22.0 Å². The van der Waals surface area contributed by atoms with Crippen molar-refractivity contribution in [3.05, 3.63) is 64.8 Å². The van der Waals surface area contributed by atoms with Gasteiger partial charge in [0.1, 0.15) is 0 Å². The van der Waals surface area contributed by atoms with Crippen LogP contribution in [0.1, 0.15) is 31.7 Å². The Balaban J connectivity index is 1.61. The van der Waals surface area contributed by atoms with E-state index in [0.29, 0.717) is 12.1 Å². The lowest BCUT2D eigenvalue weighted by Gasteiger charge is -2.34. The lowest BCUT2D eigenvalue weighted by Crippen LogP contribution is -2.44. The zero-order valence-electron chi connectivity index (χ0n) is 17.3. The van der Waals surface area contributed by atoms with E-state index in [2.05, 4.69) is 5.10 Å². The lowest BCUT2D eigenvalue weighted by atomic mass is 9.94. The Kier molecular flexibility index (Phi) is 5.33. The molecule has 0 unspecified atom stereocenters. The molecule has 0 spiro atoms. The van der Waals surface area contributed by atoms with E-state index in [0.717, 1.165) is 23.2 Å². The van der Waals surface area contributed by atoms with Crippen molar-refractivity contribution in [2.75, 3.05) is 0 Å². The molecule has 0 saturated heterocycles. The fraction of sp³-hybridized carbons (Fsp3) is 0.364. The Hall–Kier alpha value is -2.81. The highest BCUT2D eigenvalue weighted by molar-refractivity contribution is 7.92. The number of pyridine rings is 1. The minimum absolute atomic E-state index is 0.0632. The fourth-order valence-corrected chi connectivity index (χ4v) is 5.74. The average molecular weight is 448 g/mol. The van der Waals surface area contributed by atoms with Gasteiger partial charge in [0.2, 0.25) is 0 Å². The fourth-order valence-electron chi connectivity index (χ4n) is 3.83. The Labute approximate surface area is 179 Å². The molecule has 0 amide bonds. The summed E-state index contributed by atoms with van der Waals surface area (Å²) in [7, 11) is -3.78. The number of hydrogen-bond acceptors (Lipinski definition) is 4. The summed E-state index contributed by atoms with van der Waals surface area (Å²) < 4.78 is 54.8. The first-order valence-corrected chi connectivity index (χ1v) is 11.6. The van der Waals surface area contributed by atoms with Gasteiger partial charge in [0.25, 0.3) is 11.5 Å². The Morgan fingerprint density at radius 2 is 1.90 bits per heavy atom. The molecule has 1 fully saturated rings. The van der Waals surface area contributed by atoms with E-state index in [1.54, 1.807) is 46.9 Å². The maximum Gasteiger partial charge on any atom is 0.250 e. The molecular formula is C22H23F2N3O3S. The van der Waals surface area contributed by atoms with Crippen molar-refractivity contribution in [3.63, 3.8) is 0 Å². The van der Waals surface area contributed by atoms with E-state index in [1.807, 2.05) is 6.92 Å². The van der Waals surface area contributed by atoms with Crippen molar-refractivity contribution in [2.45, 2.75) is 55.7 Å². The van der Waals surface area contributed by atoms with Crippen LogP contribution in [0, 0.1) is 6.92 Å². The molecule has 164 valence electrons. The van der Waals surface area contributed by atoms with Crippen molar-refractivity contribution in [1.29, 1.82) is 0 Å². The molecule has 0 radical (unpaired) electrons. The number of rotatable bonds is 6. The Bertz CT molecular complexity index is 1290. The van der Waals surface area contributed by atoms with Crippen LogP contribution in [-0.4, -0.2) is 33.9 Å². The van der Waals surface area contributed by atoms with Gasteiger partial charge < -0.3 is 4.57 Å². The number of aromatic nitrogens is 3. The number of benzene rings is 1. The monoisotopic (exact) mass is 447 g/mol. The lowest BCUT2D eigenvalue weighted by molar-refractivity contribution is -0.0685. The van der Waals surface area contributed by atoms with Crippen LogP contribution in [0.4, 0.5) is 8.78 Å². The smallest absolute Gasteiger partial charge is 0.250 e. The van der Waals surface area contributed by atoms with Crippen LogP contribution in [0.3, 0.4) is 0 Å². The third-order valence-electron chi connectivity index (χ3n) is 5.61. The largest absolute Gasteiger partial charge is 0.313 e. The number of sulfone groups is 1. The molecule has 4 rings (SSSR count).